The highest BCUT2D eigenvalue weighted by Crippen LogP contribution is 2.40. The molecule has 0 bridgehead atoms. The lowest BCUT2D eigenvalue weighted by molar-refractivity contribution is -0.0205. The van der Waals surface area contributed by atoms with Gasteiger partial charge in [0.05, 0.1) is 5.54 Å². The van der Waals surface area contributed by atoms with Crippen molar-refractivity contribution in [1.82, 2.24) is 10.2 Å². The van der Waals surface area contributed by atoms with Gasteiger partial charge in [-0.15, -0.1) is 0 Å². The van der Waals surface area contributed by atoms with Crippen molar-refractivity contribution in [3.05, 3.63) is 0 Å². The monoisotopic (exact) mass is 228 g/mol. The number of carboxylic acid groups (broad SMARTS) is 1. The summed E-state index contributed by atoms with van der Waals surface area (Å²) in [7, 11) is 0. The Morgan fingerprint density at radius 3 is 2.56 bits per heavy atom. The zero-order valence-corrected chi connectivity index (χ0v) is 10.8. The van der Waals surface area contributed by atoms with Gasteiger partial charge in [0.1, 0.15) is 0 Å². The number of hydrogen-bond donors (Lipinski definition) is 2. The van der Waals surface area contributed by atoms with Crippen LogP contribution in [0.4, 0.5) is 4.79 Å². The number of amides is 1. The van der Waals surface area contributed by atoms with E-state index < -0.39 is 6.09 Å². The number of nitrogens with one attached hydrogen (secondary N) is 1. The summed E-state index contributed by atoms with van der Waals surface area (Å²) in [5.41, 5.74) is -0.319. The lowest BCUT2D eigenvalue weighted by Gasteiger charge is -2.54. The minimum absolute atomic E-state index is 0.0468. The third-order valence-electron chi connectivity index (χ3n) is 3.74. The summed E-state index contributed by atoms with van der Waals surface area (Å²) in [6, 6.07) is 0. The quantitative estimate of drug-likeness (QED) is 0.761. The number of rotatable bonds is 2. The molecule has 0 aromatic rings. The van der Waals surface area contributed by atoms with Crippen LogP contribution in [0, 0.1) is 5.41 Å². The zero-order chi connectivity index (χ0) is 12.4. The van der Waals surface area contributed by atoms with Crippen LogP contribution in [-0.2, 0) is 0 Å². The van der Waals surface area contributed by atoms with Crippen molar-refractivity contribution in [2.24, 2.45) is 5.41 Å². The molecule has 0 aliphatic carbocycles. The maximum absolute atomic E-state index is 11.4. The molecule has 1 fully saturated rings. The molecule has 0 aromatic heterocycles. The van der Waals surface area contributed by atoms with E-state index in [9.17, 15) is 9.90 Å². The molecule has 1 atom stereocenters. The SMILES string of the molecule is CCC[C@]1(C(C)(C)C)CNCCN1C(=O)O. The highest BCUT2D eigenvalue weighted by Gasteiger charge is 2.49. The van der Waals surface area contributed by atoms with Crippen molar-refractivity contribution in [2.75, 3.05) is 19.6 Å². The van der Waals surface area contributed by atoms with Crippen molar-refractivity contribution in [3.8, 4) is 0 Å². The lowest BCUT2D eigenvalue weighted by atomic mass is 9.69. The van der Waals surface area contributed by atoms with E-state index in [2.05, 4.69) is 33.0 Å². The van der Waals surface area contributed by atoms with Crippen LogP contribution in [0.1, 0.15) is 40.5 Å². The second-order valence-corrected chi connectivity index (χ2v) is 5.64. The molecule has 0 unspecified atom stereocenters. The molecule has 1 heterocycles. The Balaban J connectivity index is 3.08. The van der Waals surface area contributed by atoms with Crippen LogP contribution in [-0.4, -0.2) is 41.3 Å². The van der Waals surface area contributed by atoms with Gasteiger partial charge < -0.3 is 10.4 Å². The number of hydrogen-bond acceptors (Lipinski definition) is 2. The van der Waals surface area contributed by atoms with Crippen LogP contribution < -0.4 is 5.32 Å². The maximum Gasteiger partial charge on any atom is 0.407 e. The molecule has 1 amide bonds. The van der Waals surface area contributed by atoms with Crippen molar-refractivity contribution < 1.29 is 9.90 Å². The Morgan fingerprint density at radius 1 is 1.50 bits per heavy atom. The van der Waals surface area contributed by atoms with Gasteiger partial charge in [-0.25, -0.2) is 4.79 Å². The molecule has 4 nitrogen and oxygen atoms in total. The predicted octanol–water partition coefficient (Wildman–Crippen LogP) is 2.15. The molecule has 94 valence electrons. The number of carbonyl (C=O) groups is 1. The standard InChI is InChI=1S/C12H24N2O2/c1-5-6-12(11(2,3)4)9-13-7-8-14(12)10(15)16/h13H,5-9H2,1-4H3,(H,15,16)/t12-/m1/s1. The fourth-order valence-electron chi connectivity index (χ4n) is 2.76. The van der Waals surface area contributed by atoms with Crippen molar-refractivity contribution in [2.45, 2.75) is 46.1 Å². The van der Waals surface area contributed by atoms with E-state index in [0.29, 0.717) is 6.54 Å². The Labute approximate surface area is 98.0 Å². The molecule has 1 saturated heterocycles. The van der Waals surface area contributed by atoms with Crippen LogP contribution in [0.15, 0.2) is 0 Å². The maximum atomic E-state index is 11.4. The molecule has 0 aromatic carbocycles. The van der Waals surface area contributed by atoms with Crippen molar-refractivity contribution in [3.63, 3.8) is 0 Å². The molecule has 0 radical (unpaired) electrons. The molecule has 0 spiro atoms. The molecule has 1 rings (SSSR count). The minimum atomic E-state index is -0.787. The second kappa shape index (κ2) is 4.62. The van der Waals surface area contributed by atoms with Gasteiger partial charge in [0.25, 0.3) is 0 Å². The summed E-state index contributed by atoms with van der Waals surface area (Å²) >= 11 is 0. The Morgan fingerprint density at radius 2 is 2.12 bits per heavy atom. The van der Waals surface area contributed by atoms with Gasteiger partial charge in [-0.2, -0.15) is 0 Å². The first-order chi connectivity index (χ1) is 7.35. The smallest absolute Gasteiger partial charge is 0.407 e. The van der Waals surface area contributed by atoms with Gasteiger partial charge in [-0.05, 0) is 11.8 Å². The first kappa shape index (κ1) is 13.3. The van der Waals surface area contributed by atoms with Gasteiger partial charge in [-0.1, -0.05) is 34.1 Å². The molecular weight excluding hydrogens is 204 g/mol. The van der Waals surface area contributed by atoms with E-state index in [-0.39, 0.29) is 11.0 Å². The number of piperazine rings is 1. The van der Waals surface area contributed by atoms with E-state index in [1.165, 1.54) is 0 Å². The fourth-order valence-corrected chi connectivity index (χ4v) is 2.76. The topological polar surface area (TPSA) is 52.6 Å². The summed E-state index contributed by atoms with van der Waals surface area (Å²) in [4.78, 5) is 13.0. The average Bonchev–Trinajstić information content (AvgIpc) is 2.16. The third kappa shape index (κ3) is 2.17. The summed E-state index contributed by atoms with van der Waals surface area (Å²) in [5.74, 6) is 0. The summed E-state index contributed by atoms with van der Waals surface area (Å²) in [5, 5.41) is 12.7. The molecule has 0 saturated carbocycles. The van der Waals surface area contributed by atoms with E-state index in [1.54, 1.807) is 4.90 Å². The Kier molecular flexibility index (Phi) is 3.84. The van der Waals surface area contributed by atoms with Gasteiger partial charge in [0.2, 0.25) is 0 Å². The highest BCUT2D eigenvalue weighted by atomic mass is 16.4. The second-order valence-electron chi connectivity index (χ2n) is 5.64. The van der Waals surface area contributed by atoms with Crippen LogP contribution in [0.25, 0.3) is 0 Å². The summed E-state index contributed by atoms with van der Waals surface area (Å²) in [6.45, 7) is 10.6. The summed E-state index contributed by atoms with van der Waals surface area (Å²) in [6.07, 6.45) is 1.13. The molecule has 4 heteroatoms. The van der Waals surface area contributed by atoms with E-state index in [1.807, 2.05) is 0 Å². The van der Waals surface area contributed by atoms with Gasteiger partial charge in [0, 0.05) is 19.6 Å². The molecule has 1 aliphatic rings. The molecule has 1 aliphatic heterocycles. The Bertz CT molecular complexity index is 256. The minimum Gasteiger partial charge on any atom is -0.465 e. The van der Waals surface area contributed by atoms with Crippen LogP contribution in [0.5, 0.6) is 0 Å². The largest absolute Gasteiger partial charge is 0.465 e. The van der Waals surface area contributed by atoms with E-state index >= 15 is 0 Å². The van der Waals surface area contributed by atoms with Crippen LogP contribution >= 0.6 is 0 Å². The number of nitrogens with zero attached hydrogens (tertiary/aromatic N) is 1. The van der Waals surface area contributed by atoms with Crippen molar-refractivity contribution >= 4 is 6.09 Å². The van der Waals surface area contributed by atoms with Crippen molar-refractivity contribution in [1.29, 1.82) is 0 Å². The first-order valence-electron chi connectivity index (χ1n) is 6.06. The first-order valence-corrected chi connectivity index (χ1v) is 6.06. The third-order valence-corrected chi connectivity index (χ3v) is 3.74. The zero-order valence-electron chi connectivity index (χ0n) is 10.8. The highest BCUT2D eigenvalue weighted by molar-refractivity contribution is 5.66. The molecule has 2 N–H and O–H groups in total. The molecule has 16 heavy (non-hydrogen) atoms. The van der Waals surface area contributed by atoms with Gasteiger partial charge in [-0.3, -0.25) is 4.90 Å². The van der Waals surface area contributed by atoms with Crippen LogP contribution in [0.2, 0.25) is 0 Å². The van der Waals surface area contributed by atoms with Gasteiger partial charge in [0.15, 0.2) is 0 Å². The summed E-state index contributed by atoms with van der Waals surface area (Å²) < 4.78 is 0. The lowest BCUT2D eigenvalue weighted by Crippen LogP contribution is -2.68. The van der Waals surface area contributed by atoms with E-state index in [0.717, 1.165) is 25.9 Å². The fraction of sp³-hybridized carbons (Fsp3) is 0.917. The van der Waals surface area contributed by atoms with Crippen LogP contribution in [0.3, 0.4) is 0 Å². The Hall–Kier alpha value is -0.770. The average molecular weight is 228 g/mol. The van der Waals surface area contributed by atoms with Gasteiger partial charge >= 0.3 is 6.09 Å². The predicted molar refractivity (Wildman–Crippen MR) is 64.7 cm³/mol. The van der Waals surface area contributed by atoms with E-state index in [4.69, 9.17) is 0 Å². The molecular formula is C12H24N2O2. The normalized spacial score (nSPS) is 26.9.